The van der Waals surface area contributed by atoms with Crippen molar-refractivity contribution in [3.05, 3.63) is 41.5 Å². The Bertz CT molecular complexity index is 627. The molecule has 0 aliphatic heterocycles. The maximum atomic E-state index is 9.70. The van der Waals surface area contributed by atoms with Gasteiger partial charge in [0.15, 0.2) is 6.61 Å². The lowest BCUT2D eigenvalue weighted by atomic mass is 9.87. The number of rotatable bonds is 7. The molecule has 0 saturated heterocycles. The van der Waals surface area contributed by atoms with Crippen molar-refractivity contribution in [1.82, 2.24) is 15.5 Å². The molecule has 130 valence electrons. The van der Waals surface area contributed by atoms with Crippen LogP contribution in [0, 0.1) is 12.8 Å². The Morgan fingerprint density at radius 2 is 2.12 bits per heavy atom. The van der Waals surface area contributed by atoms with Crippen molar-refractivity contribution in [2.45, 2.75) is 51.9 Å². The maximum Gasteiger partial charge on any atom is 0.223 e. The average molecular weight is 331 g/mol. The Kier molecular flexibility index (Phi) is 5.82. The van der Waals surface area contributed by atoms with Gasteiger partial charge in [-0.05, 0) is 49.4 Å². The zero-order valence-corrected chi connectivity index (χ0v) is 14.1. The van der Waals surface area contributed by atoms with E-state index in [1.165, 1.54) is 12.0 Å². The molecule has 2 atom stereocenters. The highest BCUT2D eigenvalue weighted by Gasteiger charge is 2.19. The number of hydrogen-bond donors (Lipinski definition) is 2. The number of aliphatic hydroxyl groups is 1. The third kappa shape index (κ3) is 5.04. The molecule has 1 saturated carbocycles. The second-order valence-corrected chi connectivity index (χ2v) is 6.48. The fraction of sp³-hybridized carbons (Fsp3) is 0.556. The second-order valence-electron chi connectivity index (χ2n) is 6.48. The number of hydrogen-bond acceptors (Lipinski definition) is 6. The summed E-state index contributed by atoms with van der Waals surface area (Å²) in [6, 6.07) is 8.02. The second kappa shape index (κ2) is 8.26. The van der Waals surface area contributed by atoms with E-state index in [9.17, 15) is 5.11 Å². The Hall–Kier alpha value is -1.92. The van der Waals surface area contributed by atoms with Gasteiger partial charge in [-0.3, -0.25) is 0 Å². The molecule has 0 bridgehead atoms. The van der Waals surface area contributed by atoms with Crippen LogP contribution in [0.15, 0.2) is 28.8 Å². The summed E-state index contributed by atoms with van der Waals surface area (Å²) in [4.78, 5) is 4.10. The number of aryl methyl sites for hydroxylation is 1. The Balaban J connectivity index is 1.39. The Morgan fingerprint density at radius 3 is 2.83 bits per heavy atom. The molecular formula is C18H25N3O3. The van der Waals surface area contributed by atoms with Crippen molar-refractivity contribution in [2.24, 2.45) is 5.92 Å². The van der Waals surface area contributed by atoms with Crippen molar-refractivity contribution in [2.75, 3.05) is 6.54 Å². The van der Waals surface area contributed by atoms with Crippen LogP contribution in [0.3, 0.4) is 0 Å². The predicted octanol–water partition coefficient (Wildman–Crippen LogP) is 2.60. The van der Waals surface area contributed by atoms with E-state index in [4.69, 9.17) is 9.26 Å². The summed E-state index contributed by atoms with van der Waals surface area (Å²) in [7, 11) is 0. The van der Waals surface area contributed by atoms with Gasteiger partial charge in [-0.15, -0.1) is 0 Å². The molecule has 3 rings (SSSR count). The third-order valence-electron chi connectivity index (χ3n) is 4.38. The molecule has 1 heterocycles. The van der Waals surface area contributed by atoms with Gasteiger partial charge >= 0.3 is 0 Å². The van der Waals surface area contributed by atoms with Crippen LogP contribution in [0.25, 0.3) is 0 Å². The third-order valence-corrected chi connectivity index (χ3v) is 4.38. The number of nitrogens with zero attached hydrogens (tertiary/aromatic N) is 2. The highest BCUT2D eigenvalue weighted by Crippen LogP contribution is 2.23. The topological polar surface area (TPSA) is 80.4 Å². The first-order chi connectivity index (χ1) is 11.7. The molecule has 1 aromatic carbocycles. The molecule has 1 fully saturated rings. The van der Waals surface area contributed by atoms with Crippen LogP contribution in [-0.2, 0) is 13.2 Å². The van der Waals surface area contributed by atoms with Gasteiger partial charge in [0.25, 0.3) is 0 Å². The molecule has 2 aromatic rings. The summed E-state index contributed by atoms with van der Waals surface area (Å²) in [5, 5.41) is 17.0. The van der Waals surface area contributed by atoms with Gasteiger partial charge in [0.05, 0.1) is 6.10 Å². The summed E-state index contributed by atoms with van der Waals surface area (Å²) in [6.45, 7) is 3.86. The van der Waals surface area contributed by atoms with Crippen molar-refractivity contribution in [1.29, 1.82) is 0 Å². The van der Waals surface area contributed by atoms with Crippen molar-refractivity contribution in [3.63, 3.8) is 0 Å². The summed E-state index contributed by atoms with van der Waals surface area (Å²) >= 11 is 0. The van der Waals surface area contributed by atoms with E-state index in [0.29, 0.717) is 24.2 Å². The molecule has 1 aromatic heterocycles. The molecule has 2 N–H and O–H groups in total. The summed E-state index contributed by atoms with van der Waals surface area (Å²) < 4.78 is 10.5. The minimum absolute atomic E-state index is 0.107. The van der Waals surface area contributed by atoms with Gasteiger partial charge in [0.1, 0.15) is 5.75 Å². The average Bonchev–Trinajstić information content (AvgIpc) is 3.00. The molecule has 0 spiro atoms. The highest BCUT2D eigenvalue weighted by molar-refractivity contribution is 5.27. The van der Waals surface area contributed by atoms with E-state index in [1.54, 1.807) is 6.92 Å². The minimum atomic E-state index is -0.107. The lowest BCUT2D eigenvalue weighted by Crippen LogP contribution is -2.28. The van der Waals surface area contributed by atoms with Crippen LogP contribution in [0.1, 0.15) is 43.0 Å². The zero-order chi connectivity index (χ0) is 16.8. The molecule has 0 amide bonds. The van der Waals surface area contributed by atoms with E-state index in [0.717, 1.165) is 38.1 Å². The lowest BCUT2D eigenvalue weighted by molar-refractivity contribution is 0.101. The minimum Gasteiger partial charge on any atom is -0.485 e. The van der Waals surface area contributed by atoms with Crippen LogP contribution in [-0.4, -0.2) is 27.9 Å². The van der Waals surface area contributed by atoms with Gasteiger partial charge in [0.2, 0.25) is 11.7 Å². The van der Waals surface area contributed by atoms with Gasteiger partial charge in [-0.25, -0.2) is 0 Å². The van der Waals surface area contributed by atoms with Crippen molar-refractivity contribution < 1.29 is 14.4 Å². The van der Waals surface area contributed by atoms with E-state index in [2.05, 4.69) is 27.6 Å². The zero-order valence-electron chi connectivity index (χ0n) is 14.1. The smallest absolute Gasteiger partial charge is 0.223 e. The normalized spacial score (nSPS) is 20.9. The van der Waals surface area contributed by atoms with Crippen molar-refractivity contribution in [3.8, 4) is 5.75 Å². The number of nitrogens with one attached hydrogen (secondary N) is 1. The quantitative estimate of drug-likeness (QED) is 0.812. The maximum absolute atomic E-state index is 9.70. The molecule has 24 heavy (non-hydrogen) atoms. The predicted molar refractivity (Wildman–Crippen MR) is 89.5 cm³/mol. The van der Waals surface area contributed by atoms with Crippen LogP contribution >= 0.6 is 0 Å². The van der Waals surface area contributed by atoms with E-state index >= 15 is 0 Å². The van der Waals surface area contributed by atoms with Crippen LogP contribution < -0.4 is 10.1 Å². The van der Waals surface area contributed by atoms with Crippen LogP contribution in [0.5, 0.6) is 5.75 Å². The molecule has 1 aliphatic carbocycles. The molecule has 0 radical (unpaired) electrons. The summed E-state index contributed by atoms with van der Waals surface area (Å²) in [5.41, 5.74) is 1.22. The van der Waals surface area contributed by atoms with E-state index in [1.807, 2.05) is 12.1 Å². The van der Waals surface area contributed by atoms with Crippen molar-refractivity contribution >= 4 is 0 Å². The first kappa shape index (κ1) is 16.9. The first-order valence-corrected chi connectivity index (χ1v) is 8.59. The number of benzene rings is 1. The molecule has 1 aliphatic rings. The van der Waals surface area contributed by atoms with E-state index in [-0.39, 0.29) is 6.10 Å². The standard InChI is InChI=1S/C18H25N3O3/c1-13-20-18(21-24-13)12-23-17-7-5-14(6-8-17)10-19-11-15-3-2-4-16(22)9-15/h5-8,15-16,19,22H,2-4,9-12H2,1H3. The molecular weight excluding hydrogens is 306 g/mol. The Morgan fingerprint density at radius 1 is 1.29 bits per heavy atom. The monoisotopic (exact) mass is 331 g/mol. The largest absolute Gasteiger partial charge is 0.485 e. The number of aliphatic hydroxyl groups excluding tert-OH is 1. The van der Waals surface area contributed by atoms with Crippen LogP contribution in [0.4, 0.5) is 0 Å². The fourth-order valence-electron chi connectivity index (χ4n) is 3.12. The lowest BCUT2D eigenvalue weighted by Gasteiger charge is -2.26. The highest BCUT2D eigenvalue weighted by atomic mass is 16.5. The number of ether oxygens (including phenoxy) is 1. The molecule has 6 heteroatoms. The first-order valence-electron chi connectivity index (χ1n) is 8.59. The number of aromatic nitrogens is 2. The van der Waals surface area contributed by atoms with E-state index < -0.39 is 0 Å². The van der Waals surface area contributed by atoms with Gasteiger partial charge in [-0.1, -0.05) is 23.7 Å². The molecule has 2 unspecified atom stereocenters. The van der Waals surface area contributed by atoms with Crippen LogP contribution in [0.2, 0.25) is 0 Å². The van der Waals surface area contributed by atoms with Gasteiger partial charge in [0, 0.05) is 13.5 Å². The summed E-state index contributed by atoms with van der Waals surface area (Å²) in [5.74, 6) is 2.47. The summed E-state index contributed by atoms with van der Waals surface area (Å²) in [6.07, 6.45) is 4.13. The Labute approximate surface area is 142 Å². The van der Waals surface area contributed by atoms with Gasteiger partial charge in [-0.2, -0.15) is 4.98 Å². The SMILES string of the molecule is Cc1nc(COc2ccc(CNCC3CCCC(O)C3)cc2)no1. The fourth-order valence-corrected chi connectivity index (χ4v) is 3.12. The molecule has 6 nitrogen and oxygen atoms in total. The van der Waals surface area contributed by atoms with Gasteiger partial charge < -0.3 is 19.7 Å².